The predicted octanol–water partition coefficient (Wildman–Crippen LogP) is 5.32. The van der Waals surface area contributed by atoms with Crippen molar-refractivity contribution in [3.63, 3.8) is 0 Å². The Balaban J connectivity index is 2.16. The van der Waals surface area contributed by atoms with Crippen molar-refractivity contribution in [2.75, 3.05) is 4.31 Å². The van der Waals surface area contributed by atoms with Crippen LogP contribution in [-0.2, 0) is 26.2 Å². The average Bonchev–Trinajstić information content (AvgIpc) is 2.78. The third-order valence-electron chi connectivity index (χ3n) is 4.49. The standard InChI is InChI=1S/C26H27NO7S/c1-19(28)33-21-15-16-24(32-18-20-11-7-5-8-12-20)23(17-21)27(25(29)34-26(2,3)4)35(30,31)22-13-9-6-10-14-22/h5-17H,18H2,1-4H3. The summed E-state index contributed by atoms with van der Waals surface area (Å²) in [7, 11) is -4.44. The molecule has 0 saturated heterocycles. The van der Waals surface area contributed by atoms with Gasteiger partial charge in [-0.3, -0.25) is 4.79 Å². The summed E-state index contributed by atoms with van der Waals surface area (Å²) in [6.45, 7) is 6.20. The minimum atomic E-state index is -4.44. The van der Waals surface area contributed by atoms with Gasteiger partial charge in [-0.1, -0.05) is 48.5 Å². The van der Waals surface area contributed by atoms with Crippen LogP contribution in [0.1, 0.15) is 33.3 Å². The van der Waals surface area contributed by atoms with Gasteiger partial charge < -0.3 is 14.2 Å². The Hall–Kier alpha value is -3.85. The summed E-state index contributed by atoms with van der Waals surface area (Å²) in [6.07, 6.45) is -1.13. The molecule has 0 spiro atoms. The molecule has 3 rings (SSSR count). The number of ether oxygens (including phenoxy) is 3. The van der Waals surface area contributed by atoms with Crippen molar-refractivity contribution in [2.24, 2.45) is 0 Å². The summed E-state index contributed by atoms with van der Waals surface area (Å²) in [5, 5.41) is 0. The summed E-state index contributed by atoms with van der Waals surface area (Å²) in [5.74, 6) is -0.491. The number of nitrogens with zero attached hydrogens (tertiary/aromatic N) is 1. The molecule has 0 saturated carbocycles. The summed E-state index contributed by atoms with van der Waals surface area (Å²) < 4.78 is 44.4. The molecular weight excluding hydrogens is 470 g/mol. The first kappa shape index (κ1) is 25.8. The first-order valence-corrected chi connectivity index (χ1v) is 12.2. The Kier molecular flexibility index (Phi) is 7.81. The third-order valence-corrected chi connectivity index (χ3v) is 6.18. The van der Waals surface area contributed by atoms with Crippen molar-refractivity contribution < 1.29 is 32.2 Å². The number of carbonyl (C=O) groups is 2. The minimum Gasteiger partial charge on any atom is -0.487 e. The van der Waals surface area contributed by atoms with Gasteiger partial charge in [0.1, 0.15) is 29.4 Å². The van der Waals surface area contributed by atoms with Crippen LogP contribution in [0.15, 0.2) is 83.8 Å². The second kappa shape index (κ2) is 10.6. The molecule has 8 nitrogen and oxygen atoms in total. The highest BCUT2D eigenvalue weighted by molar-refractivity contribution is 7.93. The number of hydrogen-bond acceptors (Lipinski definition) is 7. The second-order valence-corrected chi connectivity index (χ2v) is 10.3. The summed E-state index contributed by atoms with van der Waals surface area (Å²) in [5.41, 5.74) is -0.310. The molecule has 35 heavy (non-hydrogen) atoms. The fraction of sp³-hybridized carbons (Fsp3) is 0.231. The van der Waals surface area contributed by atoms with Crippen LogP contribution < -0.4 is 13.8 Å². The fourth-order valence-electron chi connectivity index (χ4n) is 3.07. The molecule has 0 unspecified atom stereocenters. The van der Waals surface area contributed by atoms with Gasteiger partial charge in [-0.25, -0.2) is 13.2 Å². The lowest BCUT2D eigenvalue weighted by atomic mass is 10.2. The van der Waals surface area contributed by atoms with Gasteiger partial charge in [0.05, 0.1) is 4.90 Å². The largest absolute Gasteiger partial charge is 0.487 e. The fourth-order valence-corrected chi connectivity index (χ4v) is 4.42. The van der Waals surface area contributed by atoms with E-state index in [1.54, 1.807) is 39.0 Å². The molecule has 0 fully saturated rings. The van der Waals surface area contributed by atoms with Crippen molar-refractivity contribution in [2.45, 2.75) is 44.8 Å². The second-order valence-electron chi connectivity index (χ2n) is 8.56. The van der Waals surface area contributed by atoms with Gasteiger partial charge in [-0.05, 0) is 50.6 Å². The normalized spacial score (nSPS) is 11.4. The zero-order valence-corrected chi connectivity index (χ0v) is 20.7. The molecular formula is C26H27NO7S. The van der Waals surface area contributed by atoms with Crippen LogP contribution in [0.2, 0.25) is 0 Å². The van der Waals surface area contributed by atoms with Gasteiger partial charge in [0.2, 0.25) is 0 Å². The topological polar surface area (TPSA) is 99.2 Å². The summed E-state index contributed by atoms with van der Waals surface area (Å²) in [4.78, 5) is 24.7. The molecule has 0 aliphatic carbocycles. The number of anilines is 1. The number of esters is 1. The quantitative estimate of drug-likeness (QED) is 0.322. The Morgan fingerprint density at radius 2 is 1.49 bits per heavy atom. The first-order valence-electron chi connectivity index (χ1n) is 10.8. The number of rotatable bonds is 7. The van der Waals surface area contributed by atoms with Crippen LogP contribution in [0.4, 0.5) is 10.5 Å². The van der Waals surface area contributed by atoms with Crippen molar-refractivity contribution in [3.05, 3.63) is 84.4 Å². The van der Waals surface area contributed by atoms with E-state index in [4.69, 9.17) is 14.2 Å². The smallest absolute Gasteiger partial charge is 0.429 e. The van der Waals surface area contributed by atoms with E-state index in [9.17, 15) is 18.0 Å². The van der Waals surface area contributed by atoms with Gasteiger partial charge in [-0.15, -0.1) is 0 Å². The predicted molar refractivity (Wildman–Crippen MR) is 131 cm³/mol. The molecule has 0 bridgehead atoms. The zero-order chi connectivity index (χ0) is 25.6. The molecule has 3 aromatic rings. The van der Waals surface area contributed by atoms with Crippen LogP contribution in [0, 0.1) is 0 Å². The van der Waals surface area contributed by atoms with Crippen LogP contribution in [0.3, 0.4) is 0 Å². The zero-order valence-electron chi connectivity index (χ0n) is 19.9. The Bertz CT molecular complexity index is 1280. The maximum atomic E-state index is 13.7. The van der Waals surface area contributed by atoms with Crippen LogP contribution in [0.5, 0.6) is 11.5 Å². The molecule has 0 aliphatic rings. The lowest BCUT2D eigenvalue weighted by molar-refractivity contribution is -0.131. The Morgan fingerprint density at radius 3 is 2.06 bits per heavy atom. The van der Waals surface area contributed by atoms with E-state index in [-0.39, 0.29) is 28.7 Å². The number of carbonyl (C=O) groups excluding carboxylic acids is 2. The first-order chi connectivity index (χ1) is 16.5. The molecule has 0 radical (unpaired) electrons. The Labute approximate surface area is 205 Å². The van der Waals surface area contributed by atoms with Gasteiger partial charge in [0, 0.05) is 13.0 Å². The average molecular weight is 498 g/mol. The van der Waals surface area contributed by atoms with Crippen molar-refractivity contribution in [1.29, 1.82) is 0 Å². The van der Waals surface area contributed by atoms with Crippen molar-refractivity contribution in [3.8, 4) is 11.5 Å². The van der Waals surface area contributed by atoms with Gasteiger partial charge in [-0.2, -0.15) is 4.31 Å². The van der Waals surface area contributed by atoms with E-state index in [1.807, 2.05) is 30.3 Å². The number of amides is 1. The highest BCUT2D eigenvalue weighted by Crippen LogP contribution is 2.37. The molecule has 0 aliphatic heterocycles. The lowest BCUT2D eigenvalue weighted by Gasteiger charge is -2.28. The van der Waals surface area contributed by atoms with Crippen LogP contribution in [0.25, 0.3) is 0 Å². The van der Waals surface area contributed by atoms with Gasteiger partial charge >= 0.3 is 12.1 Å². The number of hydrogen-bond donors (Lipinski definition) is 0. The summed E-state index contributed by atoms with van der Waals surface area (Å²) >= 11 is 0. The van der Waals surface area contributed by atoms with E-state index >= 15 is 0 Å². The Morgan fingerprint density at radius 1 is 0.886 bits per heavy atom. The van der Waals surface area contributed by atoms with Crippen LogP contribution in [-0.4, -0.2) is 26.1 Å². The van der Waals surface area contributed by atoms with E-state index in [2.05, 4.69) is 0 Å². The molecule has 0 aromatic heterocycles. The highest BCUT2D eigenvalue weighted by Gasteiger charge is 2.37. The number of benzene rings is 3. The van der Waals surface area contributed by atoms with E-state index < -0.39 is 27.7 Å². The van der Waals surface area contributed by atoms with E-state index in [0.717, 1.165) is 5.56 Å². The molecule has 0 heterocycles. The van der Waals surface area contributed by atoms with Gasteiger partial charge in [0.15, 0.2) is 0 Å². The van der Waals surface area contributed by atoms with Crippen molar-refractivity contribution >= 4 is 27.8 Å². The molecule has 3 aromatic carbocycles. The SMILES string of the molecule is CC(=O)Oc1ccc(OCc2ccccc2)c(N(C(=O)OC(C)(C)C)S(=O)(=O)c2ccccc2)c1. The summed E-state index contributed by atoms with van der Waals surface area (Å²) in [6, 6.07) is 20.9. The molecule has 184 valence electrons. The molecule has 0 atom stereocenters. The molecule has 0 N–H and O–H groups in total. The minimum absolute atomic E-state index is 0.0383. The monoisotopic (exact) mass is 497 g/mol. The number of sulfonamides is 1. The van der Waals surface area contributed by atoms with Gasteiger partial charge in [0.25, 0.3) is 10.0 Å². The van der Waals surface area contributed by atoms with Crippen molar-refractivity contribution in [1.82, 2.24) is 0 Å². The third kappa shape index (κ3) is 6.83. The maximum absolute atomic E-state index is 13.7. The molecule has 1 amide bonds. The lowest BCUT2D eigenvalue weighted by Crippen LogP contribution is -2.41. The van der Waals surface area contributed by atoms with E-state index in [0.29, 0.717) is 4.31 Å². The maximum Gasteiger partial charge on any atom is 0.429 e. The highest BCUT2D eigenvalue weighted by atomic mass is 32.2. The molecule has 9 heteroatoms. The van der Waals surface area contributed by atoms with E-state index in [1.165, 1.54) is 37.3 Å². The van der Waals surface area contributed by atoms with Crippen LogP contribution >= 0.6 is 0 Å².